The molecule has 0 aliphatic rings. The number of aromatic hydroxyl groups is 1. The minimum atomic E-state index is 0.238. The van der Waals surface area contributed by atoms with Gasteiger partial charge in [-0.2, -0.15) is 0 Å². The number of benzene rings is 1. The number of rotatable bonds is 4. The summed E-state index contributed by atoms with van der Waals surface area (Å²) >= 11 is 3.57. The van der Waals surface area contributed by atoms with Crippen molar-refractivity contribution in [2.45, 2.75) is 26.7 Å². The van der Waals surface area contributed by atoms with Crippen LogP contribution in [-0.4, -0.2) is 21.6 Å². The first-order chi connectivity index (χ1) is 9.52. The molecule has 20 heavy (non-hydrogen) atoms. The summed E-state index contributed by atoms with van der Waals surface area (Å²) < 4.78 is 0.914. The molecule has 4 nitrogen and oxygen atoms in total. The molecule has 0 atom stereocenters. The summed E-state index contributed by atoms with van der Waals surface area (Å²) in [5, 5.41) is 12.6. The fraction of sp³-hybridized carbons (Fsp3) is 0.333. The first kappa shape index (κ1) is 14.8. The van der Waals surface area contributed by atoms with E-state index in [4.69, 9.17) is 0 Å². The van der Waals surface area contributed by atoms with E-state index < -0.39 is 0 Å². The van der Waals surface area contributed by atoms with Gasteiger partial charge in [0, 0.05) is 12.1 Å². The lowest BCUT2D eigenvalue weighted by Gasteiger charge is -2.14. The Morgan fingerprint density at radius 1 is 1.20 bits per heavy atom. The topological polar surface area (TPSA) is 58.0 Å². The van der Waals surface area contributed by atoms with E-state index in [-0.39, 0.29) is 5.75 Å². The molecule has 5 heteroatoms. The molecule has 2 N–H and O–H groups in total. The maximum absolute atomic E-state index is 9.37. The third-order valence-corrected chi connectivity index (χ3v) is 3.68. The number of phenolic OH excluding ortho intramolecular Hbond substituents is 1. The number of hydrogen-bond acceptors (Lipinski definition) is 4. The number of aromatic nitrogens is 2. The largest absolute Gasteiger partial charge is 0.508 e. The van der Waals surface area contributed by atoms with E-state index in [1.807, 2.05) is 19.1 Å². The van der Waals surface area contributed by atoms with Crippen LogP contribution in [0.5, 0.6) is 5.75 Å². The quantitative estimate of drug-likeness (QED) is 0.880. The Hall–Kier alpha value is -1.62. The number of nitrogens with one attached hydrogen (secondary N) is 1. The molecule has 0 aliphatic carbocycles. The second-order valence-electron chi connectivity index (χ2n) is 4.83. The highest BCUT2D eigenvalue weighted by molar-refractivity contribution is 9.10. The zero-order valence-corrected chi connectivity index (χ0v) is 13.4. The molecule has 2 aromatic rings. The summed E-state index contributed by atoms with van der Waals surface area (Å²) in [6, 6.07) is 6.92. The molecule has 0 saturated carbocycles. The molecule has 1 aromatic heterocycles. The highest BCUT2D eigenvalue weighted by Crippen LogP contribution is 2.31. The van der Waals surface area contributed by atoms with Crippen molar-refractivity contribution in [3.8, 4) is 17.1 Å². The molecule has 0 spiro atoms. The van der Waals surface area contributed by atoms with Crippen molar-refractivity contribution < 1.29 is 5.11 Å². The normalized spacial score (nSPS) is 10.8. The molecule has 1 aromatic carbocycles. The average Bonchev–Trinajstić information content (AvgIpc) is 2.42. The highest BCUT2D eigenvalue weighted by atomic mass is 79.9. The smallest absolute Gasteiger partial charge is 0.161 e. The van der Waals surface area contributed by atoms with Crippen LogP contribution in [0.1, 0.15) is 32.4 Å². The summed E-state index contributed by atoms with van der Waals surface area (Å²) in [6.45, 7) is 7.03. The van der Waals surface area contributed by atoms with E-state index in [0.717, 1.165) is 28.1 Å². The van der Waals surface area contributed by atoms with Gasteiger partial charge < -0.3 is 10.4 Å². The zero-order chi connectivity index (χ0) is 14.7. The molecule has 1 heterocycles. The van der Waals surface area contributed by atoms with Crippen molar-refractivity contribution in [1.82, 2.24) is 9.97 Å². The number of phenols is 1. The molecule has 0 unspecified atom stereocenters. The first-order valence-corrected chi connectivity index (χ1v) is 7.43. The molecular weight excluding hydrogens is 318 g/mol. The van der Waals surface area contributed by atoms with Gasteiger partial charge in [-0.25, -0.2) is 9.97 Å². The minimum absolute atomic E-state index is 0.238. The Balaban J connectivity index is 2.55. The Bertz CT molecular complexity index is 597. The molecule has 0 fully saturated rings. The Morgan fingerprint density at radius 3 is 2.40 bits per heavy atom. The average molecular weight is 336 g/mol. The predicted molar refractivity (Wildman–Crippen MR) is 85.1 cm³/mol. The van der Waals surface area contributed by atoms with Crippen LogP contribution in [0, 0.1) is 0 Å². The fourth-order valence-corrected chi connectivity index (χ4v) is 2.65. The number of anilines is 1. The fourth-order valence-electron chi connectivity index (χ4n) is 1.87. The van der Waals surface area contributed by atoms with Crippen LogP contribution >= 0.6 is 15.9 Å². The number of hydrogen-bond donors (Lipinski definition) is 2. The van der Waals surface area contributed by atoms with Gasteiger partial charge in [0.05, 0.1) is 10.2 Å². The summed E-state index contributed by atoms with van der Waals surface area (Å²) in [5.74, 6) is 1.99. The van der Waals surface area contributed by atoms with Gasteiger partial charge in [-0.15, -0.1) is 0 Å². The van der Waals surface area contributed by atoms with Crippen molar-refractivity contribution in [1.29, 1.82) is 0 Å². The van der Waals surface area contributed by atoms with Gasteiger partial charge in [0.2, 0.25) is 0 Å². The lowest BCUT2D eigenvalue weighted by Crippen LogP contribution is -2.07. The summed E-state index contributed by atoms with van der Waals surface area (Å²) in [7, 11) is 0. The van der Waals surface area contributed by atoms with E-state index >= 15 is 0 Å². The maximum Gasteiger partial charge on any atom is 0.161 e. The molecule has 106 valence electrons. The third-order valence-electron chi connectivity index (χ3n) is 2.89. The van der Waals surface area contributed by atoms with Crippen LogP contribution in [0.2, 0.25) is 0 Å². The minimum Gasteiger partial charge on any atom is -0.508 e. The Labute approximate surface area is 127 Å². The summed E-state index contributed by atoms with van der Waals surface area (Å²) in [6.07, 6.45) is 0. The highest BCUT2D eigenvalue weighted by Gasteiger charge is 2.15. The van der Waals surface area contributed by atoms with Gasteiger partial charge in [0.1, 0.15) is 11.6 Å². The maximum atomic E-state index is 9.37. The molecule has 2 rings (SSSR count). The molecular formula is C15H18BrN3O. The van der Waals surface area contributed by atoms with Crippen LogP contribution in [0.3, 0.4) is 0 Å². The lowest BCUT2D eigenvalue weighted by molar-refractivity contribution is 0.475. The van der Waals surface area contributed by atoms with Gasteiger partial charge >= 0.3 is 0 Å². The van der Waals surface area contributed by atoms with Crippen LogP contribution < -0.4 is 5.32 Å². The van der Waals surface area contributed by atoms with Crippen LogP contribution in [0.4, 0.5) is 5.82 Å². The van der Waals surface area contributed by atoms with Crippen LogP contribution in [-0.2, 0) is 0 Å². The molecule has 0 saturated heterocycles. The van der Waals surface area contributed by atoms with Crippen LogP contribution in [0.25, 0.3) is 11.4 Å². The van der Waals surface area contributed by atoms with Gasteiger partial charge in [-0.3, -0.25) is 0 Å². The first-order valence-electron chi connectivity index (χ1n) is 6.63. The predicted octanol–water partition coefficient (Wildman–Crippen LogP) is 4.17. The Kier molecular flexibility index (Phi) is 4.60. The second kappa shape index (κ2) is 6.22. The Morgan fingerprint density at radius 2 is 1.85 bits per heavy atom. The molecule has 0 radical (unpaired) electrons. The zero-order valence-electron chi connectivity index (χ0n) is 11.8. The SMILES string of the molecule is CCNc1nc(-c2ccc(O)cc2)nc(C(C)C)c1Br. The van der Waals surface area contributed by atoms with E-state index in [1.165, 1.54) is 0 Å². The lowest BCUT2D eigenvalue weighted by atomic mass is 10.1. The molecule has 0 aliphatic heterocycles. The number of nitrogens with zero attached hydrogens (tertiary/aromatic N) is 2. The van der Waals surface area contributed by atoms with Crippen molar-refractivity contribution >= 4 is 21.7 Å². The van der Waals surface area contributed by atoms with Gasteiger partial charge in [0.15, 0.2) is 5.82 Å². The second-order valence-corrected chi connectivity index (χ2v) is 5.62. The van der Waals surface area contributed by atoms with Gasteiger partial charge in [0.25, 0.3) is 0 Å². The van der Waals surface area contributed by atoms with Crippen LogP contribution in [0.15, 0.2) is 28.7 Å². The van der Waals surface area contributed by atoms with Gasteiger partial charge in [-0.1, -0.05) is 13.8 Å². The van der Waals surface area contributed by atoms with E-state index in [2.05, 4.69) is 45.1 Å². The number of halogens is 1. The van der Waals surface area contributed by atoms with Crippen molar-refractivity contribution in [3.63, 3.8) is 0 Å². The van der Waals surface area contributed by atoms with E-state index in [0.29, 0.717) is 11.7 Å². The standard InChI is InChI=1S/C15H18BrN3O/c1-4-17-15-12(16)13(9(2)3)18-14(19-15)10-5-7-11(20)8-6-10/h5-9,20H,4H2,1-3H3,(H,17,18,19). The van der Waals surface area contributed by atoms with Crippen molar-refractivity contribution in [2.24, 2.45) is 0 Å². The monoisotopic (exact) mass is 335 g/mol. The van der Waals surface area contributed by atoms with Gasteiger partial charge in [-0.05, 0) is 53.0 Å². The third kappa shape index (κ3) is 3.10. The molecule has 0 bridgehead atoms. The van der Waals surface area contributed by atoms with E-state index in [1.54, 1.807) is 12.1 Å². The summed E-state index contributed by atoms with van der Waals surface area (Å²) in [5.41, 5.74) is 1.86. The van der Waals surface area contributed by atoms with Crippen molar-refractivity contribution in [3.05, 3.63) is 34.4 Å². The van der Waals surface area contributed by atoms with Crippen molar-refractivity contribution in [2.75, 3.05) is 11.9 Å². The molecule has 0 amide bonds. The summed E-state index contributed by atoms with van der Waals surface area (Å²) in [4.78, 5) is 9.19. The van der Waals surface area contributed by atoms with E-state index in [9.17, 15) is 5.11 Å².